The quantitative estimate of drug-likeness (QED) is 0.303. The molecular weight excluding hydrogens is 476 g/mol. The topological polar surface area (TPSA) is 112 Å². The van der Waals surface area contributed by atoms with Crippen molar-refractivity contribution in [2.45, 2.75) is 37.4 Å². The number of hydrogen-bond donors (Lipinski definition) is 2. The number of aryl methyl sites for hydroxylation is 2. The molecule has 0 unspecified atom stereocenters. The molecule has 0 fully saturated rings. The summed E-state index contributed by atoms with van der Waals surface area (Å²) in [6.45, 7) is 4.17. The summed E-state index contributed by atoms with van der Waals surface area (Å²) in [6, 6.07) is 4.29. The van der Waals surface area contributed by atoms with E-state index in [4.69, 9.17) is 14.5 Å². The normalized spacial score (nSPS) is 14.0. The molecule has 11 heteroatoms. The van der Waals surface area contributed by atoms with E-state index in [1.165, 1.54) is 4.88 Å². The Balaban J connectivity index is 1.27. The molecule has 5 rings (SSSR count). The van der Waals surface area contributed by atoms with Gasteiger partial charge in [0.05, 0.1) is 11.1 Å². The number of allylic oxidation sites excluding steroid dienone is 1. The van der Waals surface area contributed by atoms with E-state index < -0.39 is 11.9 Å². The number of ether oxygens (including phenoxy) is 2. The van der Waals surface area contributed by atoms with E-state index in [2.05, 4.69) is 17.2 Å². The highest BCUT2D eigenvalue weighted by Gasteiger charge is 2.22. The highest BCUT2D eigenvalue weighted by molar-refractivity contribution is 7.99. The van der Waals surface area contributed by atoms with E-state index in [1.807, 2.05) is 0 Å². The van der Waals surface area contributed by atoms with E-state index in [-0.39, 0.29) is 18.1 Å². The van der Waals surface area contributed by atoms with E-state index in [1.54, 1.807) is 40.2 Å². The van der Waals surface area contributed by atoms with E-state index in [0.717, 1.165) is 43.0 Å². The van der Waals surface area contributed by atoms with Gasteiger partial charge in [-0.05, 0) is 43.4 Å². The molecular formula is C23H22N4O5S2. The smallest absolute Gasteiger partial charge is 0.325 e. The number of rotatable bonds is 6. The predicted octanol–water partition coefficient (Wildman–Crippen LogP) is 3.69. The third kappa shape index (κ3) is 4.40. The Morgan fingerprint density at radius 3 is 2.91 bits per heavy atom. The van der Waals surface area contributed by atoms with E-state index in [9.17, 15) is 14.4 Å². The molecule has 3 amide bonds. The summed E-state index contributed by atoms with van der Waals surface area (Å²) < 4.78 is 12.1. The summed E-state index contributed by atoms with van der Waals surface area (Å²) in [5, 5.41) is 6.02. The Kier molecular flexibility index (Phi) is 6.29. The molecule has 3 heterocycles. The van der Waals surface area contributed by atoms with E-state index >= 15 is 0 Å². The highest BCUT2D eigenvalue weighted by Crippen LogP contribution is 2.35. The van der Waals surface area contributed by atoms with Crippen molar-refractivity contribution in [3.05, 3.63) is 51.6 Å². The minimum Gasteiger partial charge on any atom is -0.454 e. The second-order valence-electron chi connectivity index (χ2n) is 7.85. The van der Waals surface area contributed by atoms with Crippen LogP contribution < -0.4 is 25.7 Å². The van der Waals surface area contributed by atoms with Crippen molar-refractivity contribution >= 4 is 50.9 Å². The largest absolute Gasteiger partial charge is 0.454 e. The van der Waals surface area contributed by atoms with Crippen molar-refractivity contribution in [2.75, 3.05) is 17.9 Å². The van der Waals surface area contributed by atoms with Crippen molar-refractivity contribution < 1.29 is 19.1 Å². The molecule has 1 aromatic carbocycles. The van der Waals surface area contributed by atoms with Crippen molar-refractivity contribution in [1.29, 1.82) is 0 Å². The molecule has 1 aliphatic heterocycles. The van der Waals surface area contributed by atoms with Gasteiger partial charge in [-0.3, -0.25) is 19.5 Å². The lowest BCUT2D eigenvalue weighted by Crippen LogP contribution is -2.35. The number of thiophene rings is 1. The summed E-state index contributed by atoms with van der Waals surface area (Å²) in [5.74, 6) is 0.541. The molecule has 176 valence electrons. The zero-order valence-corrected chi connectivity index (χ0v) is 19.9. The average Bonchev–Trinajstić information content (AvgIpc) is 3.43. The van der Waals surface area contributed by atoms with Gasteiger partial charge in [-0.15, -0.1) is 17.9 Å². The zero-order chi connectivity index (χ0) is 23.7. The molecule has 0 bridgehead atoms. The molecule has 1 aliphatic carbocycles. The fraction of sp³-hybridized carbons (Fsp3) is 0.304. The van der Waals surface area contributed by atoms with Crippen molar-refractivity contribution in [1.82, 2.24) is 14.9 Å². The number of carbonyl (C=O) groups excluding carboxylic acids is 2. The van der Waals surface area contributed by atoms with Gasteiger partial charge in [0.2, 0.25) is 12.7 Å². The molecule has 0 spiro atoms. The number of benzene rings is 1. The van der Waals surface area contributed by atoms with Crippen LogP contribution in [-0.4, -0.2) is 34.0 Å². The van der Waals surface area contributed by atoms with E-state index in [0.29, 0.717) is 39.1 Å². The van der Waals surface area contributed by atoms with Gasteiger partial charge in [0, 0.05) is 23.2 Å². The third-order valence-corrected chi connectivity index (χ3v) is 7.73. The van der Waals surface area contributed by atoms with Gasteiger partial charge in [-0.25, -0.2) is 9.78 Å². The van der Waals surface area contributed by atoms with Crippen LogP contribution in [0.3, 0.4) is 0 Å². The van der Waals surface area contributed by atoms with Gasteiger partial charge in [-0.2, -0.15) is 0 Å². The summed E-state index contributed by atoms with van der Waals surface area (Å²) >= 11 is 2.68. The molecule has 2 aliphatic rings. The number of fused-ring (bicyclic) bond motifs is 4. The Bertz CT molecular complexity index is 1360. The maximum atomic E-state index is 13.3. The van der Waals surface area contributed by atoms with Crippen LogP contribution in [0, 0.1) is 0 Å². The fourth-order valence-electron chi connectivity index (χ4n) is 4.05. The maximum Gasteiger partial charge on any atom is 0.325 e. The average molecular weight is 499 g/mol. The second kappa shape index (κ2) is 9.51. The van der Waals surface area contributed by atoms with Crippen molar-refractivity contribution in [2.24, 2.45) is 0 Å². The zero-order valence-electron chi connectivity index (χ0n) is 18.2. The van der Waals surface area contributed by atoms with Crippen molar-refractivity contribution in [3.8, 4) is 11.5 Å². The summed E-state index contributed by atoms with van der Waals surface area (Å²) in [4.78, 5) is 44.6. The number of hydrogen-bond acceptors (Lipinski definition) is 8. The first kappa shape index (κ1) is 22.5. The van der Waals surface area contributed by atoms with Crippen LogP contribution in [-0.2, 0) is 24.2 Å². The SMILES string of the molecule is C=CCn1c(SCC(=O)NC(=O)Nc2ccc3c(c2)OCO3)nc2sc3c(c2c1=O)CCCC3. The number of thioether (sulfide) groups is 1. The Hall–Kier alpha value is -3.31. The number of anilines is 1. The summed E-state index contributed by atoms with van der Waals surface area (Å²) in [7, 11) is 0. The number of carbonyl (C=O) groups is 2. The number of amides is 3. The standard InChI is InChI=1S/C23H22N4O5S2/c1-2-9-27-21(29)19-14-5-3-4-6-17(14)34-20(19)26-23(27)33-11-18(28)25-22(30)24-13-7-8-15-16(10-13)32-12-31-15/h2,7-8,10H,1,3-6,9,11-12H2,(H2,24,25,28,30). The van der Waals surface area contributed by atoms with Gasteiger partial charge in [0.15, 0.2) is 16.7 Å². The van der Waals surface area contributed by atoms with Crippen LogP contribution in [0.1, 0.15) is 23.3 Å². The van der Waals surface area contributed by atoms with Gasteiger partial charge in [0.25, 0.3) is 5.56 Å². The van der Waals surface area contributed by atoms with Gasteiger partial charge >= 0.3 is 6.03 Å². The first-order valence-electron chi connectivity index (χ1n) is 10.8. The molecule has 0 saturated carbocycles. The first-order chi connectivity index (χ1) is 16.5. The first-order valence-corrected chi connectivity index (χ1v) is 12.6. The molecule has 0 radical (unpaired) electrons. The maximum absolute atomic E-state index is 13.3. The Morgan fingerprint density at radius 1 is 1.24 bits per heavy atom. The number of imide groups is 1. The van der Waals surface area contributed by atoms with Gasteiger partial charge in [0.1, 0.15) is 4.83 Å². The third-order valence-electron chi connectivity index (χ3n) is 5.57. The number of aromatic nitrogens is 2. The molecule has 2 N–H and O–H groups in total. The highest BCUT2D eigenvalue weighted by atomic mass is 32.2. The summed E-state index contributed by atoms with van der Waals surface area (Å²) in [6.07, 6.45) is 5.70. The monoisotopic (exact) mass is 498 g/mol. The molecule has 9 nitrogen and oxygen atoms in total. The molecule has 0 saturated heterocycles. The molecule has 3 aromatic rings. The van der Waals surface area contributed by atoms with Crippen LogP contribution in [0.5, 0.6) is 11.5 Å². The van der Waals surface area contributed by atoms with Crippen LogP contribution in [0.15, 0.2) is 40.8 Å². The van der Waals surface area contributed by atoms with Crippen LogP contribution in [0.25, 0.3) is 10.2 Å². The van der Waals surface area contributed by atoms with Gasteiger partial charge in [-0.1, -0.05) is 17.8 Å². The fourth-order valence-corrected chi connectivity index (χ4v) is 6.16. The van der Waals surface area contributed by atoms with Gasteiger partial charge < -0.3 is 14.8 Å². The van der Waals surface area contributed by atoms with Crippen LogP contribution >= 0.6 is 23.1 Å². The summed E-state index contributed by atoms with van der Waals surface area (Å²) in [5.41, 5.74) is 1.49. The minimum absolute atomic E-state index is 0.0747. The Labute approximate surface area is 203 Å². The number of nitrogens with one attached hydrogen (secondary N) is 2. The lowest BCUT2D eigenvalue weighted by atomic mass is 9.97. The minimum atomic E-state index is -0.665. The lowest BCUT2D eigenvalue weighted by Gasteiger charge is -2.12. The number of urea groups is 1. The molecule has 2 aromatic heterocycles. The van der Waals surface area contributed by atoms with Crippen LogP contribution in [0.2, 0.25) is 0 Å². The van der Waals surface area contributed by atoms with Crippen molar-refractivity contribution in [3.63, 3.8) is 0 Å². The molecule has 0 atom stereocenters. The van der Waals surface area contributed by atoms with Crippen LogP contribution in [0.4, 0.5) is 10.5 Å². The second-order valence-corrected chi connectivity index (χ2v) is 9.87. The predicted molar refractivity (Wildman–Crippen MR) is 131 cm³/mol. The number of nitrogens with zero attached hydrogens (tertiary/aromatic N) is 2. The Morgan fingerprint density at radius 2 is 2.06 bits per heavy atom. The molecule has 34 heavy (non-hydrogen) atoms. The lowest BCUT2D eigenvalue weighted by molar-refractivity contribution is -0.117.